The summed E-state index contributed by atoms with van der Waals surface area (Å²) < 4.78 is 0. The van der Waals surface area contributed by atoms with E-state index in [1.807, 2.05) is 4.90 Å². The van der Waals surface area contributed by atoms with Crippen LogP contribution in [-0.4, -0.2) is 28.4 Å². The minimum absolute atomic E-state index is 0.0216. The van der Waals surface area contributed by atoms with E-state index in [0.29, 0.717) is 11.5 Å². The van der Waals surface area contributed by atoms with Crippen molar-refractivity contribution in [1.29, 1.82) is 0 Å². The molecule has 1 aliphatic carbocycles. The van der Waals surface area contributed by atoms with E-state index in [1.165, 1.54) is 31.7 Å². The van der Waals surface area contributed by atoms with Crippen molar-refractivity contribution in [2.24, 2.45) is 11.8 Å². The summed E-state index contributed by atoms with van der Waals surface area (Å²) in [4.78, 5) is 26.0. The Kier molecular flexibility index (Phi) is 3.95. The van der Waals surface area contributed by atoms with Crippen molar-refractivity contribution in [3.8, 4) is 0 Å². The van der Waals surface area contributed by atoms with Crippen LogP contribution in [-0.2, 0) is 5.54 Å². The molecule has 0 atom stereocenters. The first-order chi connectivity index (χ1) is 10.8. The lowest BCUT2D eigenvalue weighted by Gasteiger charge is -2.37. The fourth-order valence-electron chi connectivity index (χ4n) is 4.01. The van der Waals surface area contributed by atoms with Crippen LogP contribution in [0.4, 0.5) is 0 Å². The quantitative estimate of drug-likeness (QED) is 0.920. The van der Waals surface area contributed by atoms with E-state index in [0.717, 1.165) is 18.0 Å². The highest BCUT2D eigenvalue weighted by Gasteiger charge is 2.43. The number of carbonyl (C=O) groups is 2. The van der Waals surface area contributed by atoms with Crippen LogP contribution in [0.15, 0.2) is 18.2 Å². The van der Waals surface area contributed by atoms with Crippen LogP contribution in [0.25, 0.3) is 0 Å². The lowest BCUT2D eigenvalue weighted by molar-refractivity contribution is 0.0535. The maximum atomic E-state index is 12.9. The van der Waals surface area contributed by atoms with Crippen LogP contribution in [0.2, 0.25) is 0 Å². The van der Waals surface area contributed by atoms with Crippen LogP contribution >= 0.6 is 0 Å². The zero-order valence-corrected chi connectivity index (χ0v) is 14.1. The molecule has 1 fully saturated rings. The van der Waals surface area contributed by atoms with Gasteiger partial charge in [-0.15, -0.1) is 0 Å². The second kappa shape index (κ2) is 5.66. The Labute approximate surface area is 137 Å². The molecule has 0 radical (unpaired) electrons. The average molecular weight is 315 g/mol. The third-order valence-electron chi connectivity index (χ3n) is 5.65. The van der Waals surface area contributed by atoms with E-state index in [4.69, 9.17) is 5.11 Å². The van der Waals surface area contributed by atoms with Gasteiger partial charge in [0.2, 0.25) is 0 Å². The molecule has 3 rings (SSSR count). The second-order valence-corrected chi connectivity index (χ2v) is 7.67. The normalized spacial score (nSPS) is 26.2. The Morgan fingerprint density at radius 1 is 1.26 bits per heavy atom. The minimum atomic E-state index is -0.988. The maximum absolute atomic E-state index is 12.9. The van der Waals surface area contributed by atoms with Gasteiger partial charge in [0.05, 0.1) is 11.1 Å². The molecule has 1 aliphatic heterocycles. The summed E-state index contributed by atoms with van der Waals surface area (Å²) in [6, 6.07) is 4.94. The van der Waals surface area contributed by atoms with Gasteiger partial charge in [-0.05, 0) is 56.2 Å². The zero-order valence-electron chi connectivity index (χ0n) is 14.1. The van der Waals surface area contributed by atoms with Crippen LogP contribution in [0, 0.1) is 11.8 Å². The summed E-state index contributed by atoms with van der Waals surface area (Å²) in [5, 5.41) is 9.16. The summed E-state index contributed by atoms with van der Waals surface area (Å²) in [7, 11) is 0. The molecule has 4 heteroatoms. The summed E-state index contributed by atoms with van der Waals surface area (Å²) >= 11 is 0. The molecule has 1 aromatic rings. The highest BCUT2D eigenvalue weighted by Crippen LogP contribution is 2.41. The smallest absolute Gasteiger partial charge is 0.335 e. The number of nitrogens with zero attached hydrogens (tertiary/aromatic N) is 1. The molecule has 1 aromatic carbocycles. The van der Waals surface area contributed by atoms with E-state index in [1.54, 1.807) is 12.1 Å². The predicted molar refractivity (Wildman–Crippen MR) is 88.6 cm³/mol. The van der Waals surface area contributed by atoms with Gasteiger partial charge in [-0.1, -0.05) is 25.8 Å². The van der Waals surface area contributed by atoms with Gasteiger partial charge in [0.25, 0.3) is 5.91 Å². The first kappa shape index (κ1) is 16.0. The van der Waals surface area contributed by atoms with Crippen LogP contribution in [0.3, 0.4) is 0 Å². The van der Waals surface area contributed by atoms with Gasteiger partial charge >= 0.3 is 5.97 Å². The Hall–Kier alpha value is -1.84. The number of carbonyl (C=O) groups excluding carboxylic acids is 1. The number of aromatic carboxylic acids is 1. The molecular weight excluding hydrogens is 290 g/mol. The summed E-state index contributed by atoms with van der Waals surface area (Å²) in [5.41, 5.74) is 1.31. The third kappa shape index (κ3) is 2.75. The fraction of sp³-hybridized carbons (Fsp3) is 0.579. The summed E-state index contributed by atoms with van der Waals surface area (Å²) in [6.45, 7) is 7.19. The summed E-state index contributed by atoms with van der Waals surface area (Å²) in [6.07, 6.45) is 4.84. The van der Waals surface area contributed by atoms with E-state index in [9.17, 15) is 9.59 Å². The Balaban J connectivity index is 1.85. The van der Waals surface area contributed by atoms with E-state index < -0.39 is 5.97 Å². The van der Waals surface area contributed by atoms with Crippen molar-refractivity contribution in [1.82, 2.24) is 4.90 Å². The molecular formula is C19H25NO3. The SMILES string of the molecule is CC1CCC(CN2C(=O)c3cc(C(=O)O)ccc3C2(C)C)CC1. The first-order valence-corrected chi connectivity index (χ1v) is 8.50. The zero-order chi connectivity index (χ0) is 16.8. The Morgan fingerprint density at radius 2 is 1.91 bits per heavy atom. The first-order valence-electron chi connectivity index (χ1n) is 8.50. The van der Waals surface area contributed by atoms with Gasteiger partial charge in [-0.2, -0.15) is 0 Å². The lowest BCUT2D eigenvalue weighted by atomic mass is 9.82. The van der Waals surface area contributed by atoms with Crippen LogP contribution in [0.5, 0.6) is 0 Å². The van der Waals surface area contributed by atoms with Crippen molar-refractivity contribution >= 4 is 11.9 Å². The number of carboxylic acids is 1. The molecule has 0 saturated heterocycles. The van der Waals surface area contributed by atoms with E-state index >= 15 is 0 Å². The van der Waals surface area contributed by atoms with E-state index in [-0.39, 0.29) is 17.0 Å². The van der Waals surface area contributed by atoms with Crippen molar-refractivity contribution in [3.63, 3.8) is 0 Å². The maximum Gasteiger partial charge on any atom is 0.335 e. The monoisotopic (exact) mass is 315 g/mol. The second-order valence-electron chi connectivity index (χ2n) is 7.67. The van der Waals surface area contributed by atoms with Gasteiger partial charge in [-0.25, -0.2) is 4.79 Å². The molecule has 0 bridgehead atoms. The van der Waals surface area contributed by atoms with Gasteiger partial charge < -0.3 is 10.0 Å². The van der Waals surface area contributed by atoms with E-state index in [2.05, 4.69) is 20.8 Å². The molecule has 1 heterocycles. The topological polar surface area (TPSA) is 57.6 Å². The van der Waals surface area contributed by atoms with Gasteiger partial charge in [-0.3, -0.25) is 4.79 Å². The largest absolute Gasteiger partial charge is 0.478 e. The number of rotatable bonds is 3. The lowest BCUT2D eigenvalue weighted by Crippen LogP contribution is -2.42. The van der Waals surface area contributed by atoms with Crippen LogP contribution in [0.1, 0.15) is 72.7 Å². The molecule has 4 nitrogen and oxygen atoms in total. The Bertz CT molecular complexity index is 642. The number of carboxylic acid groups (broad SMARTS) is 1. The number of hydrogen-bond donors (Lipinski definition) is 1. The van der Waals surface area contributed by atoms with Crippen molar-refractivity contribution in [2.45, 2.75) is 52.0 Å². The number of benzene rings is 1. The van der Waals surface area contributed by atoms with Crippen molar-refractivity contribution < 1.29 is 14.7 Å². The average Bonchev–Trinajstić information content (AvgIpc) is 2.70. The molecule has 1 N–H and O–H groups in total. The van der Waals surface area contributed by atoms with Crippen molar-refractivity contribution in [3.05, 3.63) is 34.9 Å². The fourth-order valence-corrected chi connectivity index (χ4v) is 4.01. The number of amides is 1. The highest BCUT2D eigenvalue weighted by atomic mass is 16.4. The molecule has 1 amide bonds. The molecule has 1 saturated carbocycles. The van der Waals surface area contributed by atoms with Gasteiger partial charge in [0.1, 0.15) is 0 Å². The molecule has 124 valence electrons. The molecule has 0 aromatic heterocycles. The van der Waals surface area contributed by atoms with Crippen LogP contribution < -0.4 is 0 Å². The minimum Gasteiger partial charge on any atom is -0.478 e. The Morgan fingerprint density at radius 3 is 2.52 bits per heavy atom. The molecule has 2 aliphatic rings. The summed E-state index contributed by atoms with van der Waals surface area (Å²) in [5.74, 6) is 0.344. The molecule has 0 unspecified atom stereocenters. The number of fused-ring (bicyclic) bond motifs is 1. The number of hydrogen-bond acceptors (Lipinski definition) is 2. The molecule has 0 spiro atoms. The molecule has 23 heavy (non-hydrogen) atoms. The van der Waals surface area contributed by atoms with Gasteiger partial charge in [0.15, 0.2) is 0 Å². The third-order valence-corrected chi connectivity index (χ3v) is 5.65. The predicted octanol–water partition coefficient (Wildman–Crippen LogP) is 3.90. The standard InChI is InChI=1S/C19H25NO3/c1-12-4-6-13(7-5-12)11-20-17(21)15-10-14(18(22)23)8-9-16(15)19(20,2)3/h8-10,12-13H,4-7,11H2,1-3H3,(H,22,23). The van der Waals surface area contributed by atoms with Crippen molar-refractivity contribution in [2.75, 3.05) is 6.54 Å². The highest BCUT2D eigenvalue weighted by molar-refractivity contribution is 6.02. The van der Waals surface area contributed by atoms with Gasteiger partial charge in [0, 0.05) is 12.1 Å².